The molecule has 0 fully saturated rings. The lowest BCUT2D eigenvalue weighted by Gasteiger charge is -2.07. The molecule has 1 heterocycles. The fourth-order valence-corrected chi connectivity index (χ4v) is 2.45. The summed E-state index contributed by atoms with van der Waals surface area (Å²) in [5.74, 6) is 0.759. The molecule has 20 heavy (non-hydrogen) atoms. The largest absolute Gasteiger partial charge is 0.497 e. The Hall–Kier alpha value is -1.77. The topological polar surface area (TPSA) is 22.1 Å². The van der Waals surface area contributed by atoms with Gasteiger partial charge in [0.2, 0.25) is 0 Å². The molecule has 0 amide bonds. The van der Waals surface area contributed by atoms with E-state index in [1.165, 1.54) is 0 Å². The van der Waals surface area contributed by atoms with E-state index in [2.05, 4.69) is 4.98 Å². The Morgan fingerprint density at radius 1 is 0.950 bits per heavy atom. The van der Waals surface area contributed by atoms with Crippen molar-refractivity contribution in [2.75, 3.05) is 7.11 Å². The van der Waals surface area contributed by atoms with Crippen LogP contribution in [0, 0.1) is 0 Å². The molecule has 4 heteroatoms. The number of hydrogen-bond donors (Lipinski definition) is 0. The van der Waals surface area contributed by atoms with Crippen molar-refractivity contribution in [2.45, 2.75) is 0 Å². The third kappa shape index (κ3) is 2.45. The van der Waals surface area contributed by atoms with Crippen LogP contribution in [0.1, 0.15) is 0 Å². The van der Waals surface area contributed by atoms with Gasteiger partial charge in [0.15, 0.2) is 0 Å². The zero-order valence-corrected chi connectivity index (χ0v) is 12.2. The van der Waals surface area contributed by atoms with Crippen LogP contribution in [-0.2, 0) is 0 Å². The second-order valence-electron chi connectivity index (χ2n) is 4.38. The Labute approximate surface area is 126 Å². The maximum Gasteiger partial charge on any atom is 0.121 e. The minimum absolute atomic E-state index is 0.669. The quantitative estimate of drug-likeness (QED) is 0.648. The number of rotatable bonds is 2. The monoisotopic (exact) mass is 303 g/mol. The average molecular weight is 304 g/mol. The van der Waals surface area contributed by atoms with Gasteiger partial charge in [-0.15, -0.1) is 0 Å². The summed E-state index contributed by atoms with van der Waals surface area (Å²) in [6.45, 7) is 0. The van der Waals surface area contributed by atoms with Gasteiger partial charge < -0.3 is 4.74 Å². The maximum atomic E-state index is 6.33. The van der Waals surface area contributed by atoms with Crippen molar-refractivity contribution in [2.24, 2.45) is 0 Å². The van der Waals surface area contributed by atoms with E-state index in [4.69, 9.17) is 27.9 Å². The lowest BCUT2D eigenvalue weighted by Crippen LogP contribution is -1.88. The molecule has 100 valence electrons. The zero-order valence-electron chi connectivity index (χ0n) is 10.7. The van der Waals surface area contributed by atoms with Crippen LogP contribution in [0.3, 0.4) is 0 Å². The first-order chi connectivity index (χ1) is 9.67. The zero-order chi connectivity index (χ0) is 14.1. The number of fused-ring (bicyclic) bond motifs is 1. The summed E-state index contributed by atoms with van der Waals surface area (Å²) < 4.78 is 5.22. The van der Waals surface area contributed by atoms with Crippen LogP contribution in [0.4, 0.5) is 0 Å². The van der Waals surface area contributed by atoms with Gasteiger partial charge in [-0.1, -0.05) is 35.3 Å². The van der Waals surface area contributed by atoms with Gasteiger partial charge in [0.05, 0.1) is 23.3 Å². The van der Waals surface area contributed by atoms with Gasteiger partial charge in [0.25, 0.3) is 0 Å². The lowest BCUT2D eigenvalue weighted by atomic mass is 10.1. The van der Waals surface area contributed by atoms with Gasteiger partial charge in [-0.05, 0) is 30.3 Å². The van der Waals surface area contributed by atoms with Crippen molar-refractivity contribution in [1.82, 2.24) is 4.98 Å². The van der Waals surface area contributed by atoms with Crippen molar-refractivity contribution in [3.8, 4) is 17.0 Å². The highest BCUT2D eigenvalue weighted by molar-refractivity contribution is 6.35. The van der Waals surface area contributed by atoms with Crippen LogP contribution in [-0.4, -0.2) is 12.1 Å². The lowest BCUT2D eigenvalue weighted by molar-refractivity contribution is 0.415. The molecule has 0 aliphatic rings. The fraction of sp³-hybridized carbons (Fsp3) is 0.0625. The fourth-order valence-electron chi connectivity index (χ4n) is 2.06. The molecule has 0 saturated heterocycles. The molecule has 0 aliphatic carbocycles. The van der Waals surface area contributed by atoms with E-state index in [0.29, 0.717) is 10.0 Å². The van der Waals surface area contributed by atoms with Gasteiger partial charge in [-0.3, -0.25) is 0 Å². The first-order valence-electron chi connectivity index (χ1n) is 6.07. The summed E-state index contributed by atoms with van der Waals surface area (Å²) in [4.78, 5) is 4.64. The highest BCUT2D eigenvalue weighted by Gasteiger charge is 2.07. The van der Waals surface area contributed by atoms with Crippen molar-refractivity contribution in [3.05, 3.63) is 58.6 Å². The van der Waals surface area contributed by atoms with E-state index in [0.717, 1.165) is 27.9 Å². The molecule has 0 N–H and O–H groups in total. The summed E-state index contributed by atoms with van der Waals surface area (Å²) in [5, 5.41) is 2.27. The van der Waals surface area contributed by atoms with Crippen molar-refractivity contribution in [3.63, 3.8) is 0 Å². The average Bonchev–Trinajstić information content (AvgIpc) is 2.47. The first kappa shape index (κ1) is 13.2. The van der Waals surface area contributed by atoms with Gasteiger partial charge >= 0.3 is 0 Å². The number of aromatic nitrogens is 1. The Morgan fingerprint density at radius 2 is 1.70 bits per heavy atom. The number of pyridine rings is 1. The molecule has 0 radical (unpaired) electrons. The summed E-state index contributed by atoms with van der Waals surface area (Å²) in [5.41, 5.74) is 2.59. The van der Waals surface area contributed by atoms with E-state index in [9.17, 15) is 0 Å². The minimum Gasteiger partial charge on any atom is -0.497 e. The molecular formula is C16H11Cl2NO. The second kappa shape index (κ2) is 5.31. The highest BCUT2D eigenvalue weighted by Crippen LogP contribution is 2.30. The normalized spacial score (nSPS) is 10.8. The summed E-state index contributed by atoms with van der Waals surface area (Å²) in [6, 6.07) is 15.0. The molecule has 2 nitrogen and oxygen atoms in total. The number of hydrogen-bond acceptors (Lipinski definition) is 2. The standard InChI is InChI=1S/C16H11Cl2NO/c1-20-12-6-7-13-14(18)9-15(19-16(13)8-12)10-2-4-11(17)5-3-10/h2-9H,1H3. The third-order valence-electron chi connectivity index (χ3n) is 3.11. The highest BCUT2D eigenvalue weighted by atomic mass is 35.5. The smallest absolute Gasteiger partial charge is 0.121 e. The second-order valence-corrected chi connectivity index (χ2v) is 5.22. The van der Waals surface area contributed by atoms with E-state index in [1.54, 1.807) is 7.11 Å². The van der Waals surface area contributed by atoms with E-state index in [1.807, 2.05) is 48.5 Å². The summed E-state index contributed by atoms with van der Waals surface area (Å²) >= 11 is 12.2. The van der Waals surface area contributed by atoms with Crippen LogP contribution < -0.4 is 4.74 Å². The first-order valence-corrected chi connectivity index (χ1v) is 6.83. The van der Waals surface area contributed by atoms with Gasteiger partial charge in [0.1, 0.15) is 5.75 Å². The molecule has 2 aromatic carbocycles. The van der Waals surface area contributed by atoms with Crippen molar-refractivity contribution < 1.29 is 4.74 Å². The molecule has 0 aliphatic heterocycles. The Morgan fingerprint density at radius 3 is 2.40 bits per heavy atom. The number of nitrogens with zero attached hydrogens (tertiary/aromatic N) is 1. The van der Waals surface area contributed by atoms with Gasteiger partial charge in [0, 0.05) is 22.0 Å². The Kier molecular flexibility index (Phi) is 3.51. The summed E-state index contributed by atoms with van der Waals surface area (Å²) in [6.07, 6.45) is 0. The predicted octanol–water partition coefficient (Wildman–Crippen LogP) is 5.22. The summed E-state index contributed by atoms with van der Waals surface area (Å²) in [7, 11) is 1.63. The van der Waals surface area contributed by atoms with Gasteiger partial charge in [-0.25, -0.2) is 4.98 Å². The SMILES string of the molecule is COc1ccc2c(Cl)cc(-c3ccc(Cl)cc3)nc2c1. The molecular weight excluding hydrogens is 293 g/mol. The third-order valence-corrected chi connectivity index (χ3v) is 3.67. The molecule has 0 atom stereocenters. The minimum atomic E-state index is 0.669. The van der Waals surface area contributed by atoms with Gasteiger partial charge in [-0.2, -0.15) is 0 Å². The molecule has 3 aromatic rings. The predicted molar refractivity (Wildman–Crippen MR) is 83.8 cm³/mol. The number of methoxy groups -OCH3 is 1. The van der Waals surface area contributed by atoms with Crippen molar-refractivity contribution >= 4 is 34.1 Å². The van der Waals surface area contributed by atoms with E-state index >= 15 is 0 Å². The Bertz CT molecular complexity index is 769. The molecule has 0 bridgehead atoms. The van der Waals surface area contributed by atoms with Crippen molar-refractivity contribution in [1.29, 1.82) is 0 Å². The van der Waals surface area contributed by atoms with Crippen LogP contribution in [0.5, 0.6) is 5.75 Å². The van der Waals surface area contributed by atoms with E-state index < -0.39 is 0 Å². The molecule has 0 spiro atoms. The van der Waals surface area contributed by atoms with E-state index in [-0.39, 0.29) is 0 Å². The van der Waals surface area contributed by atoms with Crippen LogP contribution >= 0.6 is 23.2 Å². The Balaban J connectivity index is 2.19. The maximum absolute atomic E-state index is 6.33. The molecule has 1 aromatic heterocycles. The molecule has 0 unspecified atom stereocenters. The number of benzene rings is 2. The van der Waals surface area contributed by atoms with Crippen LogP contribution in [0.15, 0.2) is 48.5 Å². The molecule has 0 saturated carbocycles. The van der Waals surface area contributed by atoms with Crippen LogP contribution in [0.2, 0.25) is 10.0 Å². The molecule has 3 rings (SSSR count). The number of halogens is 2. The number of ether oxygens (including phenoxy) is 1. The van der Waals surface area contributed by atoms with Crippen LogP contribution in [0.25, 0.3) is 22.2 Å².